The molecule has 2 N–H and O–H groups in total. The lowest BCUT2D eigenvalue weighted by Gasteiger charge is -2.33. The average molecular weight is 657 g/mol. The van der Waals surface area contributed by atoms with Crippen LogP contribution in [-0.4, -0.2) is 61.9 Å². The molecule has 0 aromatic heterocycles. The molecule has 246 valence electrons. The van der Waals surface area contributed by atoms with Gasteiger partial charge in [0.15, 0.2) is 0 Å². The largest absolute Gasteiger partial charge is 0.416 e. The van der Waals surface area contributed by atoms with Gasteiger partial charge in [0.05, 0.1) is 11.8 Å². The molecular formula is C34H39F3N4O4S. The van der Waals surface area contributed by atoms with Gasteiger partial charge >= 0.3 is 6.18 Å². The zero-order chi connectivity index (χ0) is 33.1. The highest BCUT2D eigenvalue weighted by molar-refractivity contribution is 7.88. The number of nitrogens with one attached hydrogen (secondary N) is 2. The Morgan fingerprint density at radius 3 is 2.11 bits per heavy atom. The topological polar surface area (TPSA) is 98.8 Å². The molecule has 0 spiro atoms. The fraction of sp³-hybridized carbons (Fsp3) is 0.412. The standard InChI is InChI=1S/C34H39F3N4O4S/c1-23-8-14-28(38-32(42)25-6-4-3-5-7-25)20-30(23)24-9-11-26(12-10-24)33(43)39-29-15-13-27(31(21-29)34(35,36)37)22-40-16-18-41(19-17-40)46(2,44)45/h8-15,20-21,25H,3-7,16-19,22H2,1-2H3,(H,38,42)(H,39,43). The van der Waals surface area contributed by atoms with Gasteiger partial charge in [-0.15, -0.1) is 0 Å². The monoisotopic (exact) mass is 656 g/mol. The maximum atomic E-state index is 14.1. The minimum atomic E-state index is -4.64. The van der Waals surface area contributed by atoms with Crippen molar-refractivity contribution < 1.29 is 31.2 Å². The van der Waals surface area contributed by atoms with E-state index >= 15 is 0 Å². The second-order valence-corrected chi connectivity index (χ2v) is 14.2. The Hall–Kier alpha value is -3.74. The highest BCUT2D eigenvalue weighted by atomic mass is 32.2. The lowest BCUT2D eigenvalue weighted by atomic mass is 9.88. The maximum absolute atomic E-state index is 14.1. The van der Waals surface area contributed by atoms with Crippen molar-refractivity contribution in [2.24, 2.45) is 5.92 Å². The summed E-state index contributed by atoms with van der Waals surface area (Å²) in [6, 6.07) is 16.2. The van der Waals surface area contributed by atoms with Gasteiger partial charge in [-0.3, -0.25) is 14.5 Å². The molecule has 0 atom stereocenters. The first-order valence-electron chi connectivity index (χ1n) is 15.5. The summed E-state index contributed by atoms with van der Waals surface area (Å²) in [5, 5.41) is 5.63. The normalized spacial score (nSPS) is 17.1. The predicted molar refractivity (Wildman–Crippen MR) is 173 cm³/mol. The number of nitrogens with zero attached hydrogens (tertiary/aromatic N) is 2. The van der Waals surface area contributed by atoms with E-state index in [0.717, 1.165) is 54.7 Å². The van der Waals surface area contributed by atoms with E-state index < -0.39 is 27.7 Å². The van der Waals surface area contributed by atoms with Gasteiger partial charge in [0, 0.05) is 55.6 Å². The molecule has 3 aromatic rings. The number of carbonyl (C=O) groups is 2. The molecule has 12 heteroatoms. The number of aryl methyl sites for hydroxylation is 1. The zero-order valence-corrected chi connectivity index (χ0v) is 26.8. The third-order valence-corrected chi connectivity index (χ3v) is 10.1. The lowest BCUT2D eigenvalue weighted by Crippen LogP contribution is -2.47. The van der Waals surface area contributed by atoms with Gasteiger partial charge < -0.3 is 10.6 Å². The molecule has 8 nitrogen and oxygen atoms in total. The molecule has 1 heterocycles. The van der Waals surface area contributed by atoms with Gasteiger partial charge in [-0.2, -0.15) is 17.5 Å². The Morgan fingerprint density at radius 2 is 1.48 bits per heavy atom. The van der Waals surface area contributed by atoms with Crippen LogP contribution >= 0.6 is 0 Å². The first kappa shape index (κ1) is 33.6. The Kier molecular flexibility index (Phi) is 10.2. The number of sulfonamides is 1. The molecule has 1 saturated heterocycles. The van der Waals surface area contributed by atoms with E-state index in [0.29, 0.717) is 18.8 Å². The van der Waals surface area contributed by atoms with Crippen molar-refractivity contribution in [1.29, 1.82) is 0 Å². The first-order chi connectivity index (χ1) is 21.8. The van der Waals surface area contributed by atoms with E-state index in [1.54, 1.807) is 29.2 Å². The van der Waals surface area contributed by atoms with E-state index in [9.17, 15) is 31.2 Å². The second-order valence-electron chi connectivity index (χ2n) is 12.2. The van der Waals surface area contributed by atoms with E-state index in [2.05, 4.69) is 10.6 Å². The molecule has 2 amide bonds. The van der Waals surface area contributed by atoms with Crippen molar-refractivity contribution in [3.05, 3.63) is 82.9 Å². The molecule has 0 radical (unpaired) electrons. The smallest absolute Gasteiger partial charge is 0.326 e. The minimum absolute atomic E-state index is 0.00696. The van der Waals surface area contributed by atoms with Crippen LogP contribution in [0, 0.1) is 12.8 Å². The molecule has 0 unspecified atom stereocenters. The molecular weight excluding hydrogens is 617 g/mol. The molecule has 0 bridgehead atoms. The summed E-state index contributed by atoms with van der Waals surface area (Å²) in [6.45, 7) is 3.03. The summed E-state index contributed by atoms with van der Waals surface area (Å²) in [5.41, 5.74) is 2.93. The number of piperazine rings is 1. The Labute approximate surface area is 268 Å². The van der Waals surface area contributed by atoms with Gasteiger partial charge in [-0.25, -0.2) is 8.42 Å². The fourth-order valence-electron chi connectivity index (χ4n) is 6.14. The van der Waals surface area contributed by atoms with Crippen LogP contribution in [0.3, 0.4) is 0 Å². The number of hydrogen-bond acceptors (Lipinski definition) is 5. The minimum Gasteiger partial charge on any atom is -0.326 e. The van der Waals surface area contributed by atoms with Crippen LogP contribution in [0.1, 0.15) is 59.2 Å². The molecule has 46 heavy (non-hydrogen) atoms. The SMILES string of the molecule is Cc1ccc(NC(=O)C2CCCCC2)cc1-c1ccc(C(=O)Nc2ccc(CN3CCN(S(C)(=O)=O)CC3)c(C(F)(F)F)c2)cc1. The Balaban J connectivity index is 1.25. The number of hydrogen-bond donors (Lipinski definition) is 2. The number of rotatable bonds is 8. The Bertz CT molecular complexity index is 1680. The summed E-state index contributed by atoms with van der Waals surface area (Å²) < 4.78 is 67.0. The van der Waals surface area contributed by atoms with Gasteiger partial charge in [0.2, 0.25) is 15.9 Å². The summed E-state index contributed by atoms with van der Waals surface area (Å²) in [7, 11) is -3.35. The zero-order valence-electron chi connectivity index (χ0n) is 26.0. The quantitative estimate of drug-likeness (QED) is 0.288. The third kappa shape index (κ3) is 8.34. The van der Waals surface area contributed by atoms with Crippen LogP contribution in [0.5, 0.6) is 0 Å². The summed E-state index contributed by atoms with van der Waals surface area (Å²) in [4.78, 5) is 27.6. The van der Waals surface area contributed by atoms with E-state index in [4.69, 9.17) is 0 Å². The van der Waals surface area contributed by atoms with Crippen molar-refractivity contribution in [1.82, 2.24) is 9.21 Å². The van der Waals surface area contributed by atoms with Crippen LogP contribution in [-0.2, 0) is 27.5 Å². The number of anilines is 2. The van der Waals surface area contributed by atoms with Gasteiger partial charge in [0.1, 0.15) is 0 Å². The third-order valence-electron chi connectivity index (χ3n) is 8.81. The average Bonchev–Trinajstić information content (AvgIpc) is 3.02. The van der Waals surface area contributed by atoms with Gasteiger partial charge in [0.25, 0.3) is 5.91 Å². The second kappa shape index (κ2) is 13.9. The molecule has 2 fully saturated rings. The summed E-state index contributed by atoms with van der Waals surface area (Å²) in [6.07, 6.45) is 1.59. The molecule has 1 saturated carbocycles. The number of halogens is 3. The number of alkyl halides is 3. The van der Waals surface area contributed by atoms with Crippen LogP contribution in [0.2, 0.25) is 0 Å². The molecule has 1 aliphatic heterocycles. The van der Waals surface area contributed by atoms with Gasteiger partial charge in [-0.1, -0.05) is 43.5 Å². The van der Waals surface area contributed by atoms with Crippen LogP contribution in [0.25, 0.3) is 11.1 Å². The highest BCUT2D eigenvalue weighted by Gasteiger charge is 2.35. The summed E-state index contributed by atoms with van der Waals surface area (Å²) in [5.74, 6) is -0.477. The van der Waals surface area contributed by atoms with E-state index in [-0.39, 0.29) is 48.3 Å². The van der Waals surface area contributed by atoms with Gasteiger partial charge in [-0.05, 0) is 78.4 Å². The molecule has 3 aromatic carbocycles. The van der Waals surface area contributed by atoms with Crippen LogP contribution < -0.4 is 10.6 Å². The number of amides is 2. The lowest BCUT2D eigenvalue weighted by molar-refractivity contribution is -0.138. The van der Waals surface area contributed by atoms with E-state index in [1.165, 1.54) is 22.9 Å². The van der Waals surface area contributed by atoms with Crippen molar-refractivity contribution in [3.63, 3.8) is 0 Å². The highest BCUT2D eigenvalue weighted by Crippen LogP contribution is 2.35. The predicted octanol–water partition coefficient (Wildman–Crippen LogP) is 6.53. The van der Waals surface area contributed by atoms with Crippen LogP contribution in [0.4, 0.5) is 24.5 Å². The fourth-order valence-corrected chi connectivity index (χ4v) is 6.97. The van der Waals surface area contributed by atoms with E-state index in [1.807, 2.05) is 25.1 Å². The molecule has 2 aliphatic rings. The van der Waals surface area contributed by atoms with Crippen molar-refractivity contribution in [2.75, 3.05) is 43.1 Å². The number of benzene rings is 3. The van der Waals surface area contributed by atoms with Crippen molar-refractivity contribution in [2.45, 2.75) is 51.7 Å². The van der Waals surface area contributed by atoms with Crippen molar-refractivity contribution in [3.8, 4) is 11.1 Å². The molecule has 5 rings (SSSR count). The summed E-state index contributed by atoms with van der Waals surface area (Å²) >= 11 is 0. The first-order valence-corrected chi connectivity index (χ1v) is 17.3. The van der Waals surface area contributed by atoms with Crippen LogP contribution in [0.15, 0.2) is 60.7 Å². The Morgan fingerprint density at radius 1 is 0.848 bits per heavy atom. The van der Waals surface area contributed by atoms with Crippen molar-refractivity contribution >= 4 is 33.2 Å². The number of carbonyl (C=O) groups excluding carboxylic acids is 2. The molecule has 1 aliphatic carbocycles. The maximum Gasteiger partial charge on any atom is 0.416 e.